The van der Waals surface area contributed by atoms with Gasteiger partial charge in [-0.1, -0.05) is 0 Å². The van der Waals surface area contributed by atoms with Crippen LogP contribution in [0.4, 0.5) is 5.95 Å². The first-order chi connectivity index (χ1) is 4.95. The van der Waals surface area contributed by atoms with Gasteiger partial charge in [0.25, 0.3) is 0 Å². The van der Waals surface area contributed by atoms with Crippen molar-refractivity contribution in [1.29, 1.82) is 0 Å². The number of nitrogens with one attached hydrogen (secondary N) is 1. The van der Waals surface area contributed by atoms with Crippen LogP contribution in [0.3, 0.4) is 0 Å². The monoisotopic (exact) mass is 135 g/mol. The van der Waals surface area contributed by atoms with E-state index in [0.29, 0.717) is 6.04 Å². The average Bonchev–Trinajstić information content (AvgIpc) is 2.74. The van der Waals surface area contributed by atoms with Crippen molar-refractivity contribution >= 4 is 5.95 Å². The summed E-state index contributed by atoms with van der Waals surface area (Å²) in [5.41, 5.74) is 0. The maximum absolute atomic E-state index is 4.04. The van der Waals surface area contributed by atoms with E-state index in [1.165, 1.54) is 12.8 Å². The molecule has 3 nitrogen and oxygen atoms in total. The number of hydrogen-bond acceptors (Lipinski definition) is 3. The lowest BCUT2D eigenvalue weighted by atomic mass is 10.6. The highest BCUT2D eigenvalue weighted by Crippen LogP contribution is 2.22. The van der Waals surface area contributed by atoms with Gasteiger partial charge in [-0.3, -0.25) is 0 Å². The van der Waals surface area contributed by atoms with Crippen molar-refractivity contribution < 1.29 is 0 Å². The SMILES string of the molecule is c1cnc(NC2CC2)nc1. The van der Waals surface area contributed by atoms with Crippen molar-refractivity contribution in [3.05, 3.63) is 18.5 Å². The van der Waals surface area contributed by atoms with Crippen molar-refractivity contribution in [3.8, 4) is 0 Å². The minimum atomic E-state index is 0.641. The molecule has 0 spiro atoms. The molecule has 0 unspecified atom stereocenters. The van der Waals surface area contributed by atoms with Gasteiger partial charge in [-0.05, 0) is 18.9 Å². The van der Waals surface area contributed by atoms with E-state index in [-0.39, 0.29) is 0 Å². The Hall–Kier alpha value is -1.12. The van der Waals surface area contributed by atoms with Crippen molar-refractivity contribution in [1.82, 2.24) is 9.97 Å². The van der Waals surface area contributed by atoms with E-state index in [4.69, 9.17) is 0 Å². The number of rotatable bonds is 2. The van der Waals surface area contributed by atoms with Gasteiger partial charge in [0.2, 0.25) is 5.95 Å². The predicted molar refractivity (Wildman–Crippen MR) is 38.7 cm³/mol. The van der Waals surface area contributed by atoms with E-state index >= 15 is 0 Å². The predicted octanol–water partition coefficient (Wildman–Crippen LogP) is 1.05. The molecule has 10 heavy (non-hydrogen) atoms. The first-order valence-corrected chi connectivity index (χ1v) is 3.49. The van der Waals surface area contributed by atoms with Gasteiger partial charge >= 0.3 is 0 Å². The van der Waals surface area contributed by atoms with Crippen molar-refractivity contribution in [2.24, 2.45) is 0 Å². The molecule has 0 atom stereocenters. The highest BCUT2D eigenvalue weighted by Gasteiger charge is 2.21. The Morgan fingerprint density at radius 2 is 2.00 bits per heavy atom. The largest absolute Gasteiger partial charge is 0.351 e. The maximum atomic E-state index is 4.04. The highest BCUT2D eigenvalue weighted by atomic mass is 15.1. The molecule has 0 aromatic carbocycles. The Morgan fingerprint density at radius 3 is 2.60 bits per heavy atom. The fourth-order valence-corrected chi connectivity index (χ4v) is 0.784. The molecule has 0 radical (unpaired) electrons. The molecule has 0 amide bonds. The molecule has 0 bridgehead atoms. The molecule has 0 aliphatic heterocycles. The van der Waals surface area contributed by atoms with E-state index in [1.54, 1.807) is 12.4 Å². The van der Waals surface area contributed by atoms with E-state index in [0.717, 1.165) is 5.95 Å². The second kappa shape index (κ2) is 2.25. The van der Waals surface area contributed by atoms with Gasteiger partial charge in [-0.15, -0.1) is 0 Å². The van der Waals surface area contributed by atoms with Crippen LogP contribution in [0.1, 0.15) is 12.8 Å². The van der Waals surface area contributed by atoms with E-state index in [1.807, 2.05) is 6.07 Å². The molecule has 1 aromatic rings. The van der Waals surface area contributed by atoms with Gasteiger partial charge in [0, 0.05) is 18.4 Å². The van der Waals surface area contributed by atoms with Crippen molar-refractivity contribution in [3.63, 3.8) is 0 Å². The standard InChI is InChI=1S/C7H9N3/c1-4-8-7(9-5-1)10-6-2-3-6/h1,4-6H,2-3H2,(H,8,9,10). The van der Waals surface area contributed by atoms with Gasteiger partial charge in [-0.2, -0.15) is 0 Å². The zero-order valence-electron chi connectivity index (χ0n) is 5.62. The lowest BCUT2D eigenvalue weighted by molar-refractivity contribution is 1.05. The third kappa shape index (κ3) is 1.23. The summed E-state index contributed by atoms with van der Waals surface area (Å²) in [6.45, 7) is 0. The Balaban J connectivity index is 2.03. The third-order valence-corrected chi connectivity index (χ3v) is 1.48. The zero-order chi connectivity index (χ0) is 6.81. The molecule has 52 valence electrons. The van der Waals surface area contributed by atoms with Crippen LogP contribution in [0, 0.1) is 0 Å². The van der Waals surface area contributed by atoms with Crippen LogP contribution in [-0.4, -0.2) is 16.0 Å². The summed E-state index contributed by atoms with van der Waals surface area (Å²) in [5.74, 6) is 0.755. The zero-order valence-corrected chi connectivity index (χ0v) is 5.62. The Morgan fingerprint density at radius 1 is 1.30 bits per heavy atom. The van der Waals surface area contributed by atoms with Crippen LogP contribution < -0.4 is 5.32 Å². The number of aromatic nitrogens is 2. The summed E-state index contributed by atoms with van der Waals surface area (Å²) in [7, 11) is 0. The minimum absolute atomic E-state index is 0.641. The molecular formula is C7H9N3. The van der Waals surface area contributed by atoms with Gasteiger partial charge < -0.3 is 5.32 Å². The molecular weight excluding hydrogens is 126 g/mol. The summed E-state index contributed by atoms with van der Waals surface area (Å²) in [6.07, 6.45) is 6.02. The minimum Gasteiger partial charge on any atom is -0.351 e. The lowest BCUT2D eigenvalue weighted by Crippen LogP contribution is -2.03. The van der Waals surface area contributed by atoms with Crippen molar-refractivity contribution in [2.45, 2.75) is 18.9 Å². The molecule has 2 rings (SSSR count). The molecule has 1 aliphatic rings. The fraction of sp³-hybridized carbons (Fsp3) is 0.429. The van der Waals surface area contributed by atoms with Crippen LogP contribution >= 0.6 is 0 Å². The summed E-state index contributed by atoms with van der Waals surface area (Å²) in [4.78, 5) is 8.07. The Labute approximate surface area is 59.5 Å². The second-order valence-corrected chi connectivity index (χ2v) is 2.49. The van der Waals surface area contributed by atoms with Crippen LogP contribution in [0.15, 0.2) is 18.5 Å². The van der Waals surface area contributed by atoms with E-state index < -0.39 is 0 Å². The Kier molecular flexibility index (Phi) is 1.27. The summed E-state index contributed by atoms with van der Waals surface area (Å²) in [6, 6.07) is 2.46. The Bertz CT molecular complexity index is 205. The molecule has 1 aromatic heterocycles. The van der Waals surface area contributed by atoms with Crippen LogP contribution in [-0.2, 0) is 0 Å². The molecule has 3 heteroatoms. The topological polar surface area (TPSA) is 37.8 Å². The first kappa shape index (κ1) is 5.65. The molecule has 1 saturated carbocycles. The number of nitrogens with zero attached hydrogens (tertiary/aromatic N) is 2. The van der Waals surface area contributed by atoms with Crippen LogP contribution in [0.5, 0.6) is 0 Å². The van der Waals surface area contributed by atoms with Gasteiger partial charge in [0.15, 0.2) is 0 Å². The van der Waals surface area contributed by atoms with Gasteiger partial charge in [0.1, 0.15) is 0 Å². The molecule has 1 heterocycles. The normalized spacial score (nSPS) is 16.8. The molecule has 1 fully saturated rings. The second-order valence-electron chi connectivity index (χ2n) is 2.49. The summed E-state index contributed by atoms with van der Waals surface area (Å²) in [5, 5.41) is 3.19. The fourth-order valence-electron chi connectivity index (χ4n) is 0.784. The van der Waals surface area contributed by atoms with Gasteiger partial charge in [0.05, 0.1) is 0 Å². The summed E-state index contributed by atoms with van der Waals surface area (Å²) >= 11 is 0. The smallest absolute Gasteiger partial charge is 0.222 e. The molecule has 1 aliphatic carbocycles. The average molecular weight is 135 g/mol. The van der Waals surface area contributed by atoms with Crippen molar-refractivity contribution in [2.75, 3.05) is 5.32 Å². The first-order valence-electron chi connectivity index (χ1n) is 3.49. The van der Waals surface area contributed by atoms with Crippen LogP contribution in [0.25, 0.3) is 0 Å². The summed E-state index contributed by atoms with van der Waals surface area (Å²) < 4.78 is 0. The number of hydrogen-bond donors (Lipinski definition) is 1. The quantitative estimate of drug-likeness (QED) is 0.658. The lowest BCUT2D eigenvalue weighted by Gasteiger charge is -1.98. The van der Waals surface area contributed by atoms with E-state index in [2.05, 4.69) is 15.3 Å². The number of anilines is 1. The molecule has 1 N–H and O–H groups in total. The maximum Gasteiger partial charge on any atom is 0.222 e. The van der Waals surface area contributed by atoms with Gasteiger partial charge in [-0.25, -0.2) is 9.97 Å². The highest BCUT2D eigenvalue weighted by molar-refractivity contribution is 5.26. The van der Waals surface area contributed by atoms with E-state index in [9.17, 15) is 0 Å². The third-order valence-electron chi connectivity index (χ3n) is 1.48. The molecule has 0 saturated heterocycles. The van der Waals surface area contributed by atoms with Crippen LogP contribution in [0.2, 0.25) is 0 Å².